The molecule has 0 aliphatic carbocycles. The summed E-state index contributed by atoms with van der Waals surface area (Å²) >= 11 is 0. The number of nitrogens with two attached hydrogens (primary N) is 2. The number of aromatic nitrogens is 1. The van der Waals surface area contributed by atoms with Gasteiger partial charge in [0.05, 0.1) is 11.9 Å². The van der Waals surface area contributed by atoms with E-state index in [1.165, 1.54) is 0 Å². The van der Waals surface area contributed by atoms with Crippen LogP contribution in [0.5, 0.6) is 0 Å². The van der Waals surface area contributed by atoms with E-state index in [0.29, 0.717) is 11.3 Å². The van der Waals surface area contributed by atoms with Gasteiger partial charge in [-0.05, 0) is 31.8 Å². The van der Waals surface area contributed by atoms with Crippen molar-refractivity contribution in [1.29, 1.82) is 0 Å². The Hall–Kier alpha value is -1.07. The van der Waals surface area contributed by atoms with Crippen molar-refractivity contribution in [2.24, 2.45) is 0 Å². The zero-order chi connectivity index (χ0) is 10.8. The Morgan fingerprint density at radius 2 is 1.94 bits per heavy atom. The van der Waals surface area contributed by atoms with Gasteiger partial charge in [0, 0.05) is 5.56 Å². The van der Waals surface area contributed by atoms with Crippen LogP contribution in [0.1, 0.15) is 24.3 Å². The van der Waals surface area contributed by atoms with Crippen molar-refractivity contribution >= 4 is 23.9 Å². The fraction of sp³-hybridized carbons (Fsp3) is 0.500. The second-order valence-electron chi connectivity index (χ2n) is 3.84. The molecule has 0 saturated carbocycles. The Bertz CT molecular complexity index is 366. The summed E-state index contributed by atoms with van der Waals surface area (Å²) in [6, 6.07) is 0. The largest absolute Gasteiger partial charge is 0.395 e. The standard InChI is InChI=1S/C10H15FN4.ClH/c11-7-5-15-10(13)9(12)8(7)6-1-3-14-4-2-6;/h5-6,14H,1-4,12H2,(H2,13,15);1H. The van der Waals surface area contributed by atoms with Crippen LogP contribution in [0.3, 0.4) is 0 Å². The number of anilines is 2. The Kier molecular flexibility index (Phi) is 4.32. The van der Waals surface area contributed by atoms with Crippen LogP contribution in [-0.2, 0) is 0 Å². The monoisotopic (exact) mass is 246 g/mol. The van der Waals surface area contributed by atoms with E-state index < -0.39 is 0 Å². The first kappa shape index (κ1) is 13.0. The molecule has 5 N–H and O–H groups in total. The molecule has 1 fully saturated rings. The van der Waals surface area contributed by atoms with Crippen molar-refractivity contribution in [3.05, 3.63) is 17.6 Å². The van der Waals surface area contributed by atoms with Gasteiger partial charge in [0.1, 0.15) is 11.6 Å². The number of nitrogens with one attached hydrogen (secondary N) is 1. The molecular formula is C10H16ClFN4. The van der Waals surface area contributed by atoms with Gasteiger partial charge in [-0.2, -0.15) is 0 Å². The normalized spacial score (nSPS) is 16.8. The smallest absolute Gasteiger partial charge is 0.147 e. The predicted molar refractivity (Wildman–Crippen MR) is 65.1 cm³/mol. The maximum Gasteiger partial charge on any atom is 0.147 e. The van der Waals surface area contributed by atoms with Gasteiger partial charge in [-0.1, -0.05) is 0 Å². The maximum absolute atomic E-state index is 13.6. The van der Waals surface area contributed by atoms with Crippen molar-refractivity contribution in [2.45, 2.75) is 18.8 Å². The van der Waals surface area contributed by atoms with Crippen molar-refractivity contribution in [2.75, 3.05) is 24.6 Å². The molecule has 4 nitrogen and oxygen atoms in total. The summed E-state index contributed by atoms with van der Waals surface area (Å²) in [6.45, 7) is 1.79. The van der Waals surface area contributed by atoms with E-state index in [1.807, 2.05) is 0 Å². The van der Waals surface area contributed by atoms with Crippen LogP contribution in [0.2, 0.25) is 0 Å². The molecule has 0 aromatic carbocycles. The highest BCUT2D eigenvalue weighted by molar-refractivity contribution is 5.85. The summed E-state index contributed by atoms with van der Waals surface area (Å²) in [5.41, 5.74) is 12.2. The lowest BCUT2D eigenvalue weighted by Gasteiger charge is -2.24. The molecule has 1 aliphatic heterocycles. The van der Waals surface area contributed by atoms with Gasteiger partial charge in [-0.15, -0.1) is 12.4 Å². The first-order chi connectivity index (χ1) is 7.20. The lowest BCUT2D eigenvalue weighted by Crippen LogP contribution is -2.27. The number of rotatable bonds is 1. The molecule has 2 heterocycles. The summed E-state index contributed by atoms with van der Waals surface area (Å²) in [5.74, 6) is 0.0510. The van der Waals surface area contributed by atoms with Crippen LogP contribution in [-0.4, -0.2) is 18.1 Å². The summed E-state index contributed by atoms with van der Waals surface area (Å²) in [6.07, 6.45) is 2.94. The van der Waals surface area contributed by atoms with E-state index >= 15 is 0 Å². The minimum Gasteiger partial charge on any atom is -0.395 e. The summed E-state index contributed by atoms with van der Waals surface area (Å²) in [7, 11) is 0. The minimum atomic E-state index is -0.339. The highest BCUT2D eigenvalue weighted by atomic mass is 35.5. The molecule has 1 aromatic rings. The molecule has 0 amide bonds. The molecule has 0 radical (unpaired) electrons. The van der Waals surface area contributed by atoms with Crippen molar-refractivity contribution in [3.8, 4) is 0 Å². The molecule has 2 rings (SSSR count). The first-order valence-electron chi connectivity index (χ1n) is 5.10. The molecule has 0 atom stereocenters. The predicted octanol–water partition coefficient (Wildman–Crippen LogP) is 1.27. The van der Waals surface area contributed by atoms with Gasteiger partial charge in [-0.25, -0.2) is 9.37 Å². The molecule has 16 heavy (non-hydrogen) atoms. The number of piperidine rings is 1. The number of hydrogen-bond donors (Lipinski definition) is 3. The average molecular weight is 247 g/mol. The molecule has 90 valence electrons. The fourth-order valence-corrected chi connectivity index (χ4v) is 2.06. The fourth-order valence-electron chi connectivity index (χ4n) is 2.06. The summed E-state index contributed by atoms with van der Waals surface area (Å²) < 4.78 is 13.6. The number of nitrogens with zero attached hydrogens (tertiary/aromatic N) is 1. The number of halogens is 2. The Morgan fingerprint density at radius 3 is 2.56 bits per heavy atom. The van der Waals surface area contributed by atoms with Crippen LogP contribution in [0.15, 0.2) is 6.20 Å². The number of nitrogen functional groups attached to an aromatic ring is 2. The first-order valence-corrected chi connectivity index (χ1v) is 5.10. The molecular weight excluding hydrogens is 231 g/mol. The van der Waals surface area contributed by atoms with E-state index in [4.69, 9.17) is 11.5 Å². The molecule has 1 saturated heterocycles. The van der Waals surface area contributed by atoms with E-state index in [9.17, 15) is 4.39 Å². The zero-order valence-electron chi connectivity index (χ0n) is 8.87. The van der Waals surface area contributed by atoms with Crippen LogP contribution in [0, 0.1) is 5.82 Å². The lowest BCUT2D eigenvalue weighted by molar-refractivity contribution is 0.445. The Balaban J connectivity index is 0.00000128. The van der Waals surface area contributed by atoms with Crippen molar-refractivity contribution in [1.82, 2.24) is 10.3 Å². The molecule has 0 unspecified atom stereocenters. The topological polar surface area (TPSA) is 77.0 Å². The maximum atomic E-state index is 13.6. The molecule has 0 spiro atoms. The molecule has 6 heteroatoms. The second kappa shape index (κ2) is 5.32. The lowest BCUT2D eigenvalue weighted by atomic mass is 9.89. The van der Waals surface area contributed by atoms with Crippen LogP contribution < -0.4 is 16.8 Å². The third-order valence-electron chi connectivity index (χ3n) is 2.89. The third-order valence-corrected chi connectivity index (χ3v) is 2.89. The summed E-state index contributed by atoms with van der Waals surface area (Å²) in [5, 5.41) is 3.23. The van der Waals surface area contributed by atoms with Gasteiger partial charge >= 0.3 is 0 Å². The molecule has 1 aromatic heterocycles. The Morgan fingerprint density at radius 1 is 1.31 bits per heavy atom. The van der Waals surface area contributed by atoms with Crippen molar-refractivity contribution in [3.63, 3.8) is 0 Å². The second-order valence-corrected chi connectivity index (χ2v) is 3.84. The van der Waals surface area contributed by atoms with Gasteiger partial charge < -0.3 is 16.8 Å². The molecule has 1 aliphatic rings. The highest BCUT2D eigenvalue weighted by Gasteiger charge is 2.22. The SMILES string of the molecule is Cl.Nc1ncc(F)c(C2CCNCC2)c1N. The average Bonchev–Trinajstić information content (AvgIpc) is 2.26. The zero-order valence-corrected chi connectivity index (χ0v) is 9.69. The van der Waals surface area contributed by atoms with Gasteiger partial charge in [0.15, 0.2) is 0 Å². The molecule has 0 bridgehead atoms. The van der Waals surface area contributed by atoms with Crippen LogP contribution >= 0.6 is 12.4 Å². The van der Waals surface area contributed by atoms with Gasteiger partial charge in [-0.3, -0.25) is 0 Å². The minimum absolute atomic E-state index is 0. The van der Waals surface area contributed by atoms with E-state index in [0.717, 1.165) is 32.1 Å². The van der Waals surface area contributed by atoms with E-state index in [-0.39, 0.29) is 30.0 Å². The van der Waals surface area contributed by atoms with E-state index in [2.05, 4.69) is 10.3 Å². The van der Waals surface area contributed by atoms with Gasteiger partial charge in [0.2, 0.25) is 0 Å². The van der Waals surface area contributed by atoms with Crippen LogP contribution in [0.25, 0.3) is 0 Å². The quantitative estimate of drug-likeness (QED) is 0.698. The number of pyridine rings is 1. The van der Waals surface area contributed by atoms with E-state index in [1.54, 1.807) is 0 Å². The summed E-state index contributed by atoms with van der Waals surface area (Å²) in [4.78, 5) is 3.70. The Labute approximate surface area is 100 Å². The van der Waals surface area contributed by atoms with Gasteiger partial charge in [0.25, 0.3) is 0 Å². The van der Waals surface area contributed by atoms with Crippen molar-refractivity contribution < 1.29 is 4.39 Å². The van der Waals surface area contributed by atoms with Crippen LogP contribution in [0.4, 0.5) is 15.9 Å². The third kappa shape index (κ3) is 2.36. The number of hydrogen-bond acceptors (Lipinski definition) is 4. The highest BCUT2D eigenvalue weighted by Crippen LogP contribution is 2.33.